The van der Waals surface area contributed by atoms with Crippen molar-refractivity contribution in [3.05, 3.63) is 0 Å². The Morgan fingerprint density at radius 1 is 1.00 bits per heavy atom. The van der Waals surface area contributed by atoms with E-state index in [1.807, 2.05) is 6.92 Å². The van der Waals surface area contributed by atoms with Crippen LogP contribution in [-0.2, 0) is 9.59 Å². The summed E-state index contributed by atoms with van der Waals surface area (Å²) in [5, 5.41) is 20.9. The summed E-state index contributed by atoms with van der Waals surface area (Å²) in [6.07, 6.45) is 5.25. The van der Waals surface area contributed by atoms with Crippen LogP contribution in [0, 0.1) is 5.92 Å². The van der Waals surface area contributed by atoms with Gasteiger partial charge in [0.15, 0.2) is 0 Å². The second-order valence-corrected chi connectivity index (χ2v) is 4.13. The van der Waals surface area contributed by atoms with E-state index in [2.05, 4.69) is 0 Å². The van der Waals surface area contributed by atoms with E-state index in [0.717, 1.165) is 25.7 Å². The van der Waals surface area contributed by atoms with Crippen molar-refractivity contribution in [3.8, 4) is 0 Å². The average Bonchev–Trinajstić information content (AvgIpc) is 2.21. The first-order chi connectivity index (χ1) is 7.57. The Balaban J connectivity index is 3.60. The highest BCUT2D eigenvalue weighted by molar-refractivity contribution is 5.67. The van der Waals surface area contributed by atoms with Crippen LogP contribution in [0.2, 0.25) is 0 Å². The number of hydrogen-bond acceptors (Lipinski definition) is 4. The zero-order valence-electron chi connectivity index (χ0n) is 9.87. The molecule has 1 unspecified atom stereocenters. The number of aliphatic carboxylic acids is 2. The van der Waals surface area contributed by atoms with Crippen LogP contribution in [0.15, 0.2) is 0 Å². The minimum Gasteiger partial charge on any atom is -0.550 e. The molecule has 0 rings (SSSR count). The number of carbonyl (C=O) groups excluding carboxylic acids is 2. The van der Waals surface area contributed by atoms with Gasteiger partial charge in [-0.15, -0.1) is 0 Å². The molecule has 0 aromatic rings. The van der Waals surface area contributed by atoms with Gasteiger partial charge in [-0.25, -0.2) is 0 Å². The molecule has 0 heterocycles. The van der Waals surface area contributed by atoms with Crippen LogP contribution in [-0.4, -0.2) is 11.9 Å². The van der Waals surface area contributed by atoms with Gasteiger partial charge in [-0.2, -0.15) is 0 Å². The Bertz CT molecular complexity index is 213. The van der Waals surface area contributed by atoms with Gasteiger partial charge in [0.1, 0.15) is 0 Å². The fourth-order valence-corrected chi connectivity index (χ4v) is 1.67. The van der Waals surface area contributed by atoms with Crippen molar-refractivity contribution < 1.29 is 19.8 Å². The first-order valence-electron chi connectivity index (χ1n) is 5.98. The van der Waals surface area contributed by atoms with E-state index in [1.165, 1.54) is 0 Å². The maximum absolute atomic E-state index is 10.8. The number of rotatable bonds is 10. The normalized spacial score (nSPS) is 12.3. The summed E-state index contributed by atoms with van der Waals surface area (Å²) in [6.45, 7) is 2.02. The molecule has 0 amide bonds. The van der Waals surface area contributed by atoms with E-state index < -0.39 is 11.9 Å². The molecule has 4 nitrogen and oxygen atoms in total. The van der Waals surface area contributed by atoms with Crippen LogP contribution in [0.1, 0.15) is 58.3 Å². The molecule has 4 heteroatoms. The van der Waals surface area contributed by atoms with E-state index in [4.69, 9.17) is 0 Å². The zero-order valence-corrected chi connectivity index (χ0v) is 9.87. The predicted octanol–water partition coefficient (Wildman–Crippen LogP) is 0.243. The second-order valence-electron chi connectivity index (χ2n) is 4.13. The molecular weight excluding hydrogens is 208 g/mol. The molecule has 0 aliphatic rings. The highest BCUT2D eigenvalue weighted by Crippen LogP contribution is 2.16. The van der Waals surface area contributed by atoms with Crippen LogP contribution >= 0.6 is 0 Å². The lowest BCUT2D eigenvalue weighted by molar-refractivity contribution is -0.312. The topological polar surface area (TPSA) is 80.3 Å². The average molecular weight is 228 g/mol. The third-order valence-corrected chi connectivity index (χ3v) is 2.67. The van der Waals surface area contributed by atoms with Gasteiger partial charge in [-0.1, -0.05) is 32.6 Å². The third kappa shape index (κ3) is 8.26. The summed E-state index contributed by atoms with van der Waals surface area (Å²) in [6, 6.07) is 0. The number of carboxylic acids is 2. The lowest BCUT2D eigenvalue weighted by Gasteiger charge is -2.17. The molecule has 0 N–H and O–H groups in total. The van der Waals surface area contributed by atoms with Crippen LogP contribution in [0.25, 0.3) is 0 Å². The molecular formula is C12H20O4-2. The van der Waals surface area contributed by atoms with Gasteiger partial charge in [-0.3, -0.25) is 0 Å². The second kappa shape index (κ2) is 9.19. The first kappa shape index (κ1) is 14.9. The van der Waals surface area contributed by atoms with Crippen molar-refractivity contribution in [1.82, 2.24) is 0 Å². The minimum absolute atomic E-state index is 0.0605. The summed E-state index contributed by atoms with van der Waals surface area (Å²) in [4.78, 5) is 20.9. The molecule has 0 aliphatic carbocycles. The number of hydrogen-bond donors (Lipinski definition) is 0. The quantitative estimate of drug-likeness (QED) is 0.502. The molecule has 1 atom stereocenters. The van der Waals surface area contributed by atoms with Crippen molar-refractivity contribution >= 4 is 11.9 Å². The molecule has 0 fully saturated rings. The first-order valence-corrected chi connectivity index (χ1v) is 5.98. The van der Waals surface area contributed by atoms with E-state index in [1.54, 1.807) is 0 Å². The Hall–Kier alpha value is -1.06. The number of unbranched alkanes of at least 4 members (excludes halogenated alkanes) is 3. The zero-order chi connectivity index (χ0) is 12.4. The highest BCUT2D eigenvalue weighted by Gasteiger charge is 2.08. The van der Waals surface area contributed by atoms with Crippen LogP contribution in [0.4, 0.5) is 0 Å². The Morgan fingerprint density at radius 3 is 2.12 bits per heavy atom. The summed E-state index contributed by atoms with van der Waals surface area (Å²) >= 11 is 0. The standard InChI is InChI=1S/C12H22O4/c1-2-3-7-10(12(15)16)8-5-4-6-9-11(13)14/h10H,2-9H2,1H3,(H,13,14)(H,15,16)/p-2. The SMILES string of the molecule is CCCCC(CCCCCC(=O)[O-])C(=O)[O-]. The third-order valence-electron chi connectivity index (χ3n) is 2.67. The van der Waals surface area contributed by atoms with Gasteiger partial charge >= 0.3 is 0 Å². The monoisotopic (exact) mass is 228 g/mol. The molecule has 0 radical (unpaired) electrons. The van der Waals surface area contributed by atoms with Crippen LogP contribution in [0.3, 0.4) is 0 Å². The van der Waals surface area contributed by atoms with Crippen molar-refractivity contribution in [3.63, 3.8) is 0 Å². The van der Waals surface area contributed by atoms with Gasteiger partial charge < -0.3 is 19.8 Å². The smallest absolute Gasteiger partial charge is 0.0445 e. The van der Waals surface area contributed by atoms with Crippen molar-refractivity contribution in [2.24, 2.45) is 5.92 Å². The Morgan fingerprint density at radius 2 is 1.62 bits per heavy atom. The molecule has 0 aromatic carbocycles. The molecule has 0 spiro atoms. The van der Waals surface area contributed by atoms with Crippen molar-refractivity contribution in [1.29, 1.82) is 0 Å². The van der Waals surface area contributed by atoms with Gasteiger partial charge in [0.2, 0.25) is 0 Å². The van der Waals surface area contributed by atoms with Gasteiger partial charge in [0, 0.05) is 11.9 Å². The fraction of sp³-hybridized carbons (Fsp3) is 0.833. The molecule has 0 saturated carbocycles. The highest BCUT2D eigenvalue weighted by atomic mass is 16.4. The molecule has 16 heavy (non-hydrogen) atoms. The van der Waals surface area contributed by atoms with E-state index in [0.29, 0.717) is 19.3 Å². The summed E-state index contributed by atoms with van der Waals surface area (Å²) in [5.74, 6) is -2.39. The maximum Gasteiger partial charge on any atom is 0.0445 e. The lowest BCUT2D eigenvalue weighted by atomic mass is 9.95. The summed E-state index contributed by atoms with van der Waals surface area (Å²) < 4.78 is 0. The fourth-order valence-electron chi connectivity index (χ4n) is 1.67. The van der Waals surface area contributed by atoms with Crippen molar-refractivity contribution in [2.45, 2.75) is 58.3 Å². The van der Waals surface area contributed by atoms with E-state index in [-0.39, 0.29) is 12.3 Å². The van der Waals surface area contributed by atoms with E-state index >= 15 is 0 Å². The maximum atomic E-state index is 10.8. The van der Waals surface area contributed by atoms with Gasteiger partial charge in [-0.05, 0) is 31.6 Å². The number of carboxylic acid groups (broad SMARTS) is 2. The van der Waals surface area contributed by atoms with Gasteiger partial charge in [0.05, 0.1) is 0 Å². The van der Waals surface area contributed by atoms with Crippen LogP contribution < -0.4 is 10.2 Å². The molecule has 94 valence electrons. The summed E-state index contributed by atoms with van der Waals surface area (Å²) in [7, 11) is 0. The summed E-state index contributed by atoms with van der Waals surface area (Å²) in [5.41, 5.74) is 0. The predicted molar refractivity (Wildman–Crippen MR) is 56.1 cm³/mol. The largest absolute Gasteiger partial charge is 0.550 e. The molecule has 0 aromatic heterocycles. The molecule has 0 aliphatic heterocycles. The lowest BCUT2D eigenvalue weighted by Crippen LogP contribution is -2.31. The Kier molecular flexibility index (Phi) is 8.58. The van der Waals surface area contributed by atoms with Crippen molar-refractivity contribution in [2.75, 3.05) is 0 Å². The Labute approximate surface area is 96.7 Å². The number of carbonyl (C=O) groups is 2. The van der Waals surface area contributed by atoms with Gasteiger partial charge in [0.25, 0.3) is 0 Å². The molecule has 0 bridgehead atoms. The van der Waals surface area contributed by atoms with Crippen LogP contribution in [0.5, 0.6) is 0 Å². The molecule has 0 saturated heterocycles. The minimum atomic E-state index is -1.04. The van der Waals surface area contributed by atoms with E-state index in [9.17, 15) is 19.8 Å².